The first-order valence-electron chi connectivity index (χ1n) is 8.45. The highest BCUT2D eigenvalue weighted by molar-refractivity contribution is 7.99. The summed E-state index contributed by atoms with van der Waals surface area (Å²) in [4.78, 5) is 0. The van der Waals surface area contributed by atoms with Crippen molar-refractivity contribution in [2.24, 2.45) is 0 Å². The van der Waals surface area contributed by atoms with E-state index in [-0.39, 0.29) is 5.25 Å². The molecule has 3 rings (SSSR count). The summed E-state index contributed by atoms with van der Waals surface area (Å²) in [6.07, 6.45) is 4.66. The molecule has 26 heavy (non-hydrogen) atoms. The number of nitrogen functional groups attached to an aromatic ring is 1. The summed E-state index contributed by atoms with van der Waals surface area (Å²) in [5, 5.41) is 9.97. The van der Waals surface area contributed by atoms with Gasteiger partial charge in [-0.05, 0) is 36.2 Å². The number of hydrogen-bond acceptors (Lipinski definition) is 4. The van der Waals surface area contributed by atoms with E-state index in [0.717, 1.165) is 28.7 Å². The second kappa shape index (κ2) is 8.54. The van der Waals surface area contributed by atoms with Crippen LogP contribution in [0.5, 0.6) is 0 Å². The van der Waals surface area contributed by atoms with Gasteiger partial charge in [-0.25, -0.2) is 0 Å². The third-order valence-corrected chi connectivity index (χ3v) is 5.26. The van der Waals surface area contributed by atoms with Crippen molar-refractivity contribution in [3.63, 3.8) is 0 Å². The van der Waals surface area contributed by atoms with Crippen molar-refractivity contribution < 1.29 is 0 Å². The lowest BCUT2D eigenvalue weighted by Gasteiger charge is -2.15. The molecule has 3 aromatic rings. The molecule has 1 heterocycles. The summed E-state index contributed by atoms with van der Waals surface area (Å²) < 4.78 is 2.09. The van der Waals surface area contributed by atoms with Crippen LogP contribution in [0.2, 0.25) is 0 Å². The van der Waals surface area contributed by atoms with E-state index in [1.165, 1.54) is 5.56 Å². The Balaban J connectivity index is 1.95. The second-order valence-corrected chi connectivity index (χ2v) is 7.04. The predicted molar refractivity (Wildman–Crippen MR) is 110 cm³/mol. The average molecular weight is 363 g/mol. The van der Waals surface area contributed by atoms with Gasteiger partial charge in [0.15, 0.2) is 11.0 Å². The normalized spacial score (nSPS) is 11.8. The smallest absolute Gasteiger partial charge is 0.192 e. The number of hydrogen-bond donors (Lipinski definition) is 1. The molecule has 1 unspecified atom stereocenters. The summed E-state index contributed by atoms with van der Waals surface area (Å²) in [5.74, 6) is 0.817. The Morgan fingerprint density at radius 1 is 1.00 bits per heavy atom. The van der Waals surface area contributed by atoms with E-state index in [4.69, 9.17) is 5.73 Å². The molecule has 0 saturated carbocycles. The molecule has 1 aromatic heterocycles. The molecule has 0 saturated heterocycles. The number of allylic oxidation sites excluding steroid dienone is 2. The van der Waals surface area contributed by atoms with Gasteiger partial charge >= 0.3 is 0 Å². The van der Waals surface area contributed by atoms with Gasteiger partial charge in [-0.15, -0.1) is 23.4 Å². The third-order valence-electron chi connectivity index (χ3n) is 4.00. The molecule has 0 aliphatic carbocycles. The molecule has 2 aromatic carbocycles. The van der Waals surface area contributed by atoms with Crippen molar-refractivity contribution in [3.8, 4) is 11.4 Å². The van der Waals surface area contributed by atoms with E-state index in [0.29, 0.717) is 6.54 Å². The lowest BCUT2D eigenvalue weighted by Crippen LogP contribution is -2.02. The van der Waals surface area contributed by atoms with Gasteiger partial charge in [0.25, 0.3) is 0 Å². The number of rotatable bonds is 8. The Morgan fingerprint density at radius 3 is 2.38 bits per heavy atom. The molecule has 0 aliphatic heterocycles. The maximum absolute atomic E-state index is 5.80. The Morgan fingerprint density at radius 2 is 1.73 bits per heavy atom. The summed E-state index contributed by atoms with van der Waals surface area (Å²) in [6, 6.07) is 18.1. The highest BCUT2D eigenvalue weighted by atomic mass is 32.2. The summed E-state index contributed by atoms with van der Waals surface area (Å²) >= 11 is 1.70. The van der Waals surface area contributed by atoms with Crippen LogP contribution in [-0.2, 0) is 6.54 Å². The van der Waals surface area contributed by atoms with Gasteiger partial charge in [-0.3, -0.25) is 4.57 Å². The van der Waals surface area contributed by atoms with E-state index in [1.807, 2.05) is 42.5 Å². The lowest BCUT2D eigenvalue weighted by molar-refractivity contribution is 0.727. The van der Waals surface area contributed by atoms with Crippen LogP contribution in [0, 0.1) is 0 Å². The summed E-state index contributed by atoms with van der Waals surface area (Å²) in [5.41, 5.74) is 8.76. The van der Waals surface area contributed by atoms with Gasteiger partial charge in [0, 0.05) is 23.0 Å². The number of anilines is 1. The number of nitrogens with two attached hydrogens (primary N) is 1. The van der Waals surface area contributed by atoms with Gasteiger partial charge in [0.1, 0.15) is 0 Å². The number of nitrogens with zero attached hydrogens (tertiary/aromatic N) is 3. The topological polar surface area (TPSA) is 56.7 Å². The maximum atomic E-state index is 5.80. The average Bonchev–Trinajstić information content (AvgIpc) is 3.06. The Hall–Kier alpha value is -2.79. The summed E-state index contributed by atoms with van der Waals surface area (Å²) in [6.45, 7) is 8.42. The van der Waals surface area contributed by atoms with Gasteiger partial charge < -0.3 is 5.73 Å². The van der Waals surface area contributed by atoms with Gasteiger partial charge in [0.2, 0.25) is 0 Å². The van der Waals surface area contributed by atoms with Crippen molar-refractivity contribution in [3.05, 3.63) is 85.5 Å². The van der Waals surface area contributed by atoms with Crippen LogP contribution < -0.4 is 5.73 Å². The van der Waals surface area contributed by atoms with Crippen LogP contribution >= 0.6 is 11.8 Å². The van der Waals surface area contributed by atoms with Crippen LogP contribution in [0.1, 0.15) is 17.2 Å². The lowest BCUT2D eigenvalue weighted by atomic mass is 10.1. The van der Waals surface area contributed by atoms with Crippen LogP contribution in [0.25, 0.3) is 11.4 Å². The first-order chi connectivity index (χ1) is 12.7. The molecule has 5 heteroatoms. The number of benzene rings is 2. The van der Waals surface area contributed by atoms with E-state index in [1.54, 1.807) is 11.8 Å². The van der Waals surface area contributed by atoms with Crippen molar-refractivity contribution >= 4 is 17.4 Å². The summed E-state index contributed by atoms with van der Waals surface area (Å²) in [7, 11) is 0. The largest absolute Gasteiger partial charge is 0.399 e. The monoisotopic (exact) mass is 362 g/mol. The molecule has 132 valence electrons. The predicted octanol–water partition coefficient (Wildman–Crippen LogP) is 5.12. The zero-order valence-corrected chi connectivity index (χ0v) is 15.4. The van der Waals surface area contributed by atoms with E-state index >= 15 is 0 Å². The van der Waals surface area contributed by atoms with Crippen molar-refractivity contribution in [2.75, 3.05) is 5.73 Å². The minimum Gasteiger partial charge on any atom is -0.399 e. The van der Waals surface area contributed by atoms with Crippen LogP contribution in [0.3, 0.4) is 0 Å². The quantitative estimate of drug-likeness (QED) is 0.343. The molecule has 0 amide bonds. The zero-order valence-electron chi connectivity index (χ0n) is 14.6. The van der Waals surface area contributed by atoms with Crippen molar-refractivity contribution in [1.82, 2.24) is 14.8 Å². The van der Waals surface area contributed by atoms with E-state index in [2.05, 4.69) is 52.2 Å². The van der Waals surface area contributed by atoms with Gasteiger partial charge in [0.05, 0.1) is 0 Å². The molecule has 0 radical (unpaired) electrons. The fourth-order valence-electron chi connectivity index (χ4n) is 2.71. The minimum atomic E-state index is 0.237. The van der Waals surface area contributed by atoms with Gasteiger partial charge in [-0.1, -0.05) is 54.2 Å². The molecule has 1 atom stereocenters. The van der Waals surface area contributed by atoms with Crippen LogP contribution in [-0.4, -0.2) is 14.8 Å². The molecular weight excluding hydrogens is 340 g/mol. The first-order valence-corrected chi connectivity index (χ1v) is 9.33. The Labute approximate surface area is 158 Å². The fraction of sp³-hybridized carbons (Fsp3) is 0.143. The molecule has 0 bridgehead atoms. The third kappa shape index (κ3) is 4.06. The van der Waals surface area contributed by atoms with E-state index < -0.39 is 0 Å². The Kier molecular flexibility index (Phi) is 5.92. The Bertz CT molecular complexity index is 869. The second-order valence-electron chi connectivity index (χ2n) is 5.87. The molecule has 0 spiro atoms. The fourth-order valence-corrected chi connectivity index (χ4v) is 3.87. The minimum absolute atomic E-state index is 0.237. The first kappa shape index (κ1) is 18.0. The molecule has 0 fully saturated rings. The molecule has 0 aliphatic rings. The zero-order chi connectivity index (χ0) is 18.4. The van der Waals surface area contributed by atoms with Crippen molar-refractivity contribution in [1.29, 1.82) is 0 Å². The number of aromatic nitrogens is 3. The standard InChI is InChI=1S/C21H22N4S/c1-3-8-19(16-9-6-5-7-10-16)26-21-24-23-20(25(21)15-4-2)17-11-13-18(22)14-12-17/h3-7,9-14,19H,1-2,8,15,22H2. The van der Waals surface area contributed by atoms with Crippen LogP contribution in [0.4, 0.5) is 5.69 Å². The molecule has 4 nitrogen and oxygen atoms in total. The molecule has 2 N–H and O–H groups in total. The molecular formula is C21H22N4S. The maximum Gasteiger partial charge on any atom is 0.192 e. The SMILES string of the molecule is C=CCC(Sc1nnc(-c2ccc(N)cc2)n1CC=C)c1ccccc1. The van der Waals surface area contributed by atoms with Crippen molar-refractivity contribution in [2.45, 2.75) is 23.4 Å². The van der Waals surface area contributed by atoms with Crippen LogP contribution in [0.15, 0.2) is 85.1 Å². The van der Waals surface area contributed by atoms with E-state index in [9.17, 15) is 0 Å². The highest BCUT2D eigenvalue weighted by Crippen LogP contribution is 2.38. The van der Waals surface area contributed by atoms with Gasteiger partial charge in [-0.2, -0.15) is 0 Å². The highest BCUT2D eigenvalue weighted by Gasteiger charge is 2.19. The number of thioether (sulfide) groups is 1.